The Morgan fingerprint density at radius 2 is 1.74 bits per heavy atom. The number of carboxylic acid groups (broad SMARTS) is 1. The van der Waals surface area contributed by atoms with Gasteiger partial charge in [-0.2, -0.15) is 0 Å². The fourth-order valence-electron chi connectivity index (χ4n) is 7.10. The van der Waals surface area contributed by atoms with Crippen LogP contribution in [0.1, 0.15) is 77.6 Å². The van der Waals surface area contributed by atoms with E-state index >= 15 is 0 Å². The molecule has 4 bridgehead atoms. The first-order chi connectivity index (χ1) is 13.0. The fourth-order valence-corrected chi connectivity index (χ4v) is 7.10. The van der Waals surface area contributed by atoms with Crippen LogP contribution < -0.4 is 0 Å². The van der Waals surface area contributed by atoms with Gasteiger partial charge in [-0.15, -0.1) is 0 Å². The molecule has 0 aromatic rings. The zero-order valence-electron chi connectivity index (χ0n) is 16.9. The van der Waals surface area contributed by atoms with Crippen molar-refractivity contribution in [3.05, 3.63) is 11.8 Å². The van der Waals surface area contributed by atoms with Gasteiger partial charge >= 0.3 is 5.97 Å². The van der Waals surface area contributed by atoms with E-state index < -0.39 is 5.97 Å². The molecule has 4 nitrogen and oxygen atoms in total. The molecule has 4 aliphatic carbocycles. The van der Waals surface area contributed by atoms with Crippen LogP contribution in [-0.4, -0.2) is 30.9 Å². The first-order valence-electron chi connectivity index (χ1n) is 11.1. The Morgan fingerprint density at radius 1 is 1.11 bits per heavy atom. The summed E-state index contributed by atoms with van der Waals surface area (Å²) >= 11 is 0. The lowest BCUT2D eigenvalue weighted by Gasteiger charge is -2.57. The highest BCUT2D eigenvalue weighted by atomic mass is 16.5. The average Bonchev–Trinajstić information content (AvgIpc) is 2.56. The third-order valence-electron chi connectivity index (χ3n) is 7.80. The average molecular weight is 377 g/mol. The first-order valence-corrected chi connectivity index (χ1v) is 11.1. The maximum absolute atomic E-state index is 11.8. The van der Waals surface area contributed by atoms with Gasteiger partial charge in [0.25, 0.3) is 0 Å². The minimum absolute atomic E-state index is 0.247. The van der Waals surface area contributed by atoms with Gasteiger partial charge in [0, 0.05) is 5.41 Å². The number of carboxylic acids is 1. The minimum Gasteiger partial charge on any atom is -0.501 e. The van der Waals surface area contributed by atoms with Crippen molar-refractivity contribution in [3.8, 4) is 0 Å². The molecule has 0 spiro atoms. The summed E-state index contributed by atoms with van der Waals surface area (Å²) in [6.45, 7) is 4.60. The maximum atomic E-state index is 11.8. The molecule has 4 saturated carbocycles. The van der Waals surface area contributed by atoms with Crippen LogP contribution in [-0.2, 0) is 14.3 Å². The largest absolute Gasteiger partial charge is 0.501 e. The smallest absolute Gasteiger partial charge is 0.334 e. The van der Waals surface area contributed by atoms with Crippen molar-refractivity contribution < 1.29 is 19.4 Å². The zero-order valence-corrected chi connectivity index (χ0v) is 16.9. The molecule has 0 amide bonds. The van der Waals surface area contributed by atoms with Crippen LogP contribution in [0.15, 0.2) is 11.8 Å². The third kappa shape index (κ3) is 4.21. The van der Waals surface area contributed by atoms with Crippen LogP contribution in [0.5, 0.6) is 0 Å². The van der Waals surface area contributed by atoms with Gasteiger partial charge in [0.05, 0.1) is 31.7 Å². The Kier molecular flexibility index (Phi) is 5.55. The Morgan fingerprint density at radius 3 is 2.22 bits per heavy atom. The van der Waals surface area contributed by atoms with Gasteiger partial charge in [-0.1, -0.05) is 13.3 Å². The van der Waals surface area contributed by atoms with Crippen molar-refractivity contribution in [2.45, 2.75) is 77.6 Å². The second-order valence-corrected chi connectivity index (χ2v) is 10.3. The molecule has 5 fully saturated rings. The van der Waals surface area contributed by atoms with E-state index in [1.54, 1.807) is 6.26 Å². The van der Waals surface area contributed by atoms with E-state index in [-0.39, 0.29) is 5.41 Å². The van der Waals surface area contributed by atoms with Crippen LogP contribution >= 0.6 is 0 Å². The van der Waals surface area contributed by atoms with E-state index in [1.165, 1.54) is 51.4 Å². The molecule has 1 aliphatic heterocycles. The van der Waals surface area contributed by atoms with Gasteiger partial charge in [0.1, 0.15) is 0 Å². The van der Waals surface area contributed by atoms with Crippen molar-refractivity contribution in [2.75, 3.05) is 19.8 Å². The van der Waals surface area contributed by atoms with Gasteiger partial charge in [0.15, 0.2) is 0 Å². The molecule has 5 rings (SSSR count). The molecule has 0 aromatic carbocycles. The summed E-state index contributed by atoms with van der Waals surface area (Å²) in [4.78, 5) is 11.8. The normalized spacial score (nSPS) is 36.5. The topological polar surface area (TPSA) is 55.8 Å². The highest BCUT2D eigenvalue weighted by Gasteiger charge is 2.51. The summed E-state index contributed by atoms with van der Waals surface area (Å²) in [6, 6.07) is 0. The van der Waals surface area contributed by atoms with Gasteiger partial charge in [0.2, 0.25) is 0 Å². The number of rotatable bonds is 10. The fraction of sp³-hybridized carbons (Fsp3) is 0.870. The number of carbonyl (C=O) groups is 1. The second-order valence-electron chi connectivity index (χ2n) is 10.3. The molecular formula is C23H36O4. The molecule has 0 aromatic heterocycles. The van der Waals surface area contributed by atoms with E-state index in [0.717, 1.165) is 43.8 Å². The molecule has 152 valence electrons. The summed E-state index contributed by atoms with van der Waals surface area (Å²) in [7, 11) is 0. The summed E-state index contributed by atoms with van der Waals surface area (Å²) in [5.74, 6) is 1.77. The molecule has 0 radical (unpaired) electrons. The van der Waals surface area contributed by atoms with E-state index in [1.807, 2.05) is 0 Å². The lowest BCUT2D eigenvalue weighted by molar-refractivity contribution is -0.134. The summed E-state index contributed by atoms with van der Waals surface area (Å²) < 4.78 is 11.2. The van der Waals surface area contributed by atoms with Gasteiger partial charge in [-0.25, -0.2) is 4.79 Å². The van der Waals surface area contributed by atoms with Crippen molar-refractivity contribution in [3.63, 3.8) is 0 Å². The van der Waals surface area contributed by atoms with E-state index in [2.05, 4.69) is 6.92 Å². The lowest BCUT2D eigenvalue weighted by Crippen LogP contribution is -2.46. The Bertz CT molecular complexity index is 540. The Labute approximate surface area is 163 Å². The maximum Gasteiger partial charge on any atom is 0.334 e. The minimum atomic E-state index is -0.791. The molecule has 0 atom stereocenters. The first kappa shape index (κ1) is 19.3. The summed E-state index contributed by atoms with van der Waals surface area (Å²) in [5.41, 5.74) is 1.10. The van der Waals surface area contributed by atoms with Gasteiger partial charge < -0.3 is 14.6 Å². The summed E-state index contributed by atoms with van der Waals surface area (Å²) in [6.07, 6.45) is 14.7. The highest BCUT2D eigenvalue weighted by molar-refractivity contribution is 5.86. The predicted molar refractivity (Wildman–Crippen MR) is 104 cm³/mol. The van der Waals surface area contributed by atoms with Crippen molar-refractivity contribution >= 4 is 5.97 Å². The zero-order chi connectivity index (χ0) is 18.9. The van der Waals surface area contributed by atoms with Gasteiger partial charge in [-0.05, 0) is 87.4 Å². The van der Waals surface area contributed by atoms with Crippen molar-refractivity contribution in [2.24, 2.45) is 28.6 Å². The van der Waals surface area contributed by atoms with Crippen LogP contribution in [0.3, 0.4) is 0 Å². The molecule has 4 heteroatoms. The third-order valence-corrected chi connectivity index (χ3v) is 7.80. The van der Waals surface area contributed by atoms with E-state index in [9.17, 15) is 9.90 Å². The van der Waals surface area contributed by atoms with Gasteiger partial charge in [-0.3, -0.25) is 0 Å². The molecule has 1 heterocycles. The van der Waals surface area contributed by atoms with Crippen LogP contribution in [0.2, 0.25) is 0 Å². The van der Waals surface area contributed by atoms with Crippen LogP contribution in [0.4, 0.5) is 0 Å². The highest BCUT2D eigenvalue weighted by Crippen LogP contribution is 2.62. The van der Waals surface area contributed by atoms with Crippen molar-refractivity contribution in [1.29, 1.82) is 0 Å². The number of aliphatic carboxylic acids is 1. The number of ether oxygens (including phenoxy) is 2. The second kappa shape index (κ2) is 7.77. The molecule has 1 saturated heterocycles. The number of hydrogen-bond donors (Lipinski definition) is 1. The molecular weight excluding hydrogens is 340 g/mol. The van der Waals surface area contributed by atoms with Crippen LogP contribution in [0, 0.1) is 28.6 Å². The predicted octanol–water partition coefficient (Wildman–Crippen LogP) is 5.17. The molecule has 0 unspecified atom stereocenters. The Balaban J connectivity index is 1.28. The van der Waals surface area contributed by atoms with Crippen LogP contribution in [0.25, 0.3) is 0 Å². The Hall–Kier alpha value is -1.03. The monoisotopic (exact) mass is 376 g/mol. The van der Waals surface area contributed by atoms with E-state index in [4.69, 9.17) is 9.47 Å². The number of hydrogen-bond acceptors (Lipinski definition) is 3. The standard InChI is InChI=1S/C23H36O4/c1-2-4-22(15-27-16-22)5-3-6-26-14-20(21(24)25)13-23-10-17-7-18(11-23)9-19(8-17)12-23/h14,17-19H,2-13,15-16H2,1H3,(H,24,25). The molecule has 27 heavy (non-hydrogen) atoms. The van der Waals surface area contributed by atoms with E-state index in [0.29, 0.717) is 24.0 Å². The summed E-state index contributed by atoms with van der Waals surface area (Å²) in [5, 5.41) is 9.71. The molecule has 1 N–H and O–H groups in total. The quantitative estimate of drug-likeness (QED) is 0.324. The lowest BCUT2D eigenvalue weighted by atomic mass is 9.48. The SMILES string of the molecule is CCCC1(CCCOC=C(CC23CC4CC(CC(C4)C2)C3)C(=O)O)COC1. The van der Waals surface area contributed by atoms with Crippen molar-refractivity contribution in [1.82, 2.24) is 0 Å². The molecule has 5 aliphatic rings.